The molecule has 0 aliphatic rings. The van der Waals surface area contributed by atoms with E-state index in [-0.39, 0.29) is 11.6 Å². The molecule has 0 aromatic carbocycles. The summed E-state index contributed by atoms with van der Waals surface area (Å²) in [5.74, 6) is -1.08. The lowest BCUT2D eigenvalue weighted by atomic mass is 10.1. The number of carbonyl (C=O) groups is 1. The van der Waals surface area contributed by atoms with Gasteiger partial charge in [0, 0.05) is 11.8 Å². The van der Waals surface area contributed by atoms with E-state index >= 15 is 0 Å². The van der Waals surface area contributed by atoms with Gasteiger partial charge in [-0.2, -0.15) is 4.98 Å². The molecule has 3 aromatic heterocycles. The highest BCUT2D eigenvalue weighted by Crippen LogP contribution is 2.23. The van der Waals surface area contributed by atoms with Gasteiger partial charge in [0.25, 0.3) is 0 Å². The number of hydrogen-bond acceptors (Lipinski definition) is 5. The molecule has 0 fully saturated rings. The number of carboxylic acids is 1. The highest BCUT2D eigenvalue weighted by Gasteiger charge is 2.16. The molecule has 94 valence electrons. The molecular formula is C12H9N5O2. The van der Waals surface area contributed by atoms with Crippen molar-refractivity contribution in [2.24, 2.45) is 0 Å². The fourth-order valence-corrected chi connectivity index (χ4v) is 1.86. The molecule has 0 bridgehead atoms. The minimum Gasteiger partial charge on any atom is -0.477 e. The third kappa shape index (κ3) is 1.77. The molecule has 0 amide bonds. The summed E-state index contributed by atoms with van der Waals surface area (Å²) in [6.45, 7) is 0. The van der Waals surface area contributed by atoms with E-state index in [0.29, 0.717) is 16.9 Å². The van der Waals surface area contributed by atoms with Crippen LogP contribution in [0.25, 0.3) is 16.9 Å². The normalized spacial score (nSPS) is 10.7. The highest BCUT2D eigenvalue weighted by atomic mass is 16.4. The summed E-state index contributed by atoms with van der Waals surface area (Å²) in [6.07, 6.45) is 1.65. The van der Waals surface area contributed by atoms with Gasteiger partial charge in [-0.25, -0.2) is 9.31 Å². The second kappa shape index (κ2) is 4.05. The number of aromatic carboxylic acids is 1. The first kappa shape index (κ1) is 11.1. The Bertz CT molecular complexity index is 766. The van der Waals surface area contributed by atoms with Gasteiger partial charge in [-0.05, 0) is 24.3 Å². The van der Waals surface area contributed by atoms with Gasteiger partial charge in [0.15, 0.2) is 11.3 Å². The molecule has 7 heteroatoms. The second-order valence-electron chi connectivity index (χ2n) is 3.86. The monoisotopic (exact) mass is 255 g/mol. The van der Waals surface area contributed by atoms with E-state index in [1.807, 2.05) is 6.07 Å². The predicted molar refractivity (Wildman–Crippen MR) is 67.6 cm³/mol. The number of nitrogens with zero attached hydrogens (tertiary/aromatic N) is 4. The van der Waals surface area contributed by atoms with Gasteiger partial charge in [0.2, 0.25) is 5.95 Å². The Hall–Kier alpha value is -2.96. The molecule has 0 aliphatic carbocycles. The maximum atomic E-state index is 11.1. The molecule has 0 atom stereocenters. The molecule has 0 saturated carbocycles. The summed E-state index contributed by atoms with van der Waals surface area (Å²) in [5.41, 5.74) is 7.27. The number of aromatic nitrogens is 4. The zero-order valence-electron chi connectivity index (χ0n) is 9.69. The quantitative estimate of drug-likeness (QED) is 0.709. The van der Waals surface area contributed by atoms with Crippen molar-refractivity contribution in [1.82, 2.24) is 19.6 Å². The minimum absolute atomic E-state index is 0.00104. The second-order valence-corrected chi connectivity index (χ2v) is 3.86. The zero-order chi connectivity index (χ0) is 13.4. The van der Waals surface area contributed by atoms with E-state index in [2.05, 4.69) is 15.1 Å². The third-order valence-corrected chi connectivity index (χ3v) is 2.66. The van der Waals surface area contributed by atoms with Crippen LogP contribution >= 0.6 is 0 Å². The van der Waals surface area contributed by atoms with Gasteiger partial charge in [-0.1, -0.05) is 6.07 Å². The Morgan fingerprint density at radius 3 is 2.79 bits per heavy atom. The van der Waals surface area contributed by atoms with E-state index in [1.54, 1.807) is 24.4 Å². The summed E-state index contributed by atoms with van der Waals surface area (Å²) in [5, 5.41) is 13.0. The fraction of sp³-hybridized carbons (Fsp3) is 0. The average Bonchev–Trinajstić information content (AvgIpc) is 2.79. The standard InChI is InChI=1S/C12H9N5O2/c13-12-15-10-7(8-3-1-2-6-14-8)4-5-9(11(18)19)17(10)16-12/h1-6H,(H2,13,16)(H,18,19). The maximum Gasteiger partial charge on any atom is 0.354 e. The predicted octanol–water partition coefficient (Wildman–Crippen LogP) is 1.07. The van der Waals surface area contributed by atoms with Crippen molar-refractivity contribution >= 4 is 17.6 Å². The van der Waals surface area contributed by atoms with E-state index in [9.17, 15) is 4.79 Å². The number of fused-ring (bicyclic) bond motifs is 1. The van der Waals surface area contributed by atoms with E-state index in [1.165, 1.54) is 10.6 Å². The number of carboxylic acid groups (broad SMARTS) is 1. The van der Waals surface area contributed by atoms with Crippen LogP contribution < -0.4 is 5.73 Å². The average molecular weight is 255 g/mol. The van der Waals surface area contributed by atoms with Crippen molar-refractivity contribution in [3.63, 3.8) is 0 Å². The Balaban J connectivity index is 2.34. The van der Waals surface area contributed by atoms with Crippen LogP contribution in [0.3, 0.4) is 0 Å². The number of hydrogen-bond donors (Lipinski definition) is 2. The lowest BCUT2D eigenvalue weighted by Gasteiger charge is -2.04. The van der Waals surface area contributed by atoms with Crippen molar-refractivity contribution in [1.29, 1.82) is 0 Å². The first-order chi connectivity index (χ1) is 9.16. The van der Waals surface area contributed by atoms with Gasteiger partial charge >= 0.3 is 5.97 Å². The fourth-order valence-electron chi connectivity index (χ4n) is 1.86. The van der Waals surface area contributed by atoms with Gasteiger partial charge < -0.3 is 10.8 Å². The number of nitrogen functional groups attached to an aromatic ring is 1. The van der Waals surface area contributed by atoms with Crippen molar-refractivity contribution in [3.8, 4) is 11.3 Å². The Morgan fingerprint density at radius 1 is 1.26 bits per heavy atom. The van der Waals surface area contributed by atoms with Crippen molar-refractivity contribution in [3.05, 3.63) is 42.2 Å². The lowest BCUT2D eigenvalue weighted by molar-refractivity contribution is 0.0687. The molecule has 0 unspecified atom stereocenters. The first-order valence-corrected chi connectivity index (χ1v) is 5.47. The summed E-state index contributed by atoms with van der Waals surface area (Å²) in [4.78, 5) is 19.4. The molecule has 0 saturated heterocycles. The summed E-state index contributed by atoms with van der Waals surface area (Å²) in [7, 11) is 0. The number of pyridine rings is 2. The third-order valence-electron chi connectivity index (χ3n) is 2.66. The van der Waals surface area contributed by atoms with Gasteiger partial charge in [-0.15, -0.1) is 5.10 Å². The van der Waals surface area contributed by atoms with Crippen LogP contribution in [0.1, 0.15) is 10.5 Å². The molecule has 0 aliphatic heterocycles. The molecule has 3 N–H and O–H groups in total. The van der Waals surface area contributed by atoms with Crippen molar-refractivity contribution in [2.75, 3.05) is 5.73 Å². The molecule has 7 nitrogen and oxygen atoms in total. The van der Waals surface area contributed by atoms with Crippen LogP contribution in [-0.4, -0.2) is 30.7 Å². The van der Waals surface area contributed by atoms with Gasteiger partial charge in [0.1, 0.15) is 0 Å². The van der Waals surface area contributed by atoms with Crippen LogP contribution in [0.4, 0.5) is 5.95 Å². The van der Waals surface area contributed by atoms with Crippen molar-refractivity contribution < 1.29 is 9.90 Å². The molecule has 3 rings (SSSR count). The summed E-state index contributed by atoms with van der Waals surface area (Å²) >= 11 is 0. The smallest absolute Gasteiger partial charge is 0.354 e. The number of rotatable bonds is 2. The zero-order valence-corrected chi connectivity index (χ0v) is 9.69. The minimum atomic E-state index is -1.09. The Morgan fingerprint density at radius 2 is 2.11 bits per heavy atom. The summed E-state index contributed by atoms with van der Waals surface area (Å²) < 4.78 is 1.21. The van der Waals surface area contributed by atoms with Crippen LogP contribution in [-0.2, 0) is 0 Å². The van der Waals surface area contributed by atoms with Crippen molar-refractivity contribution in [2.45, 2.75) is 0 Å². The topological polar surface area (TPSA) is 106 Å². The van der Waals surface area contributed by atoms with E-state index < -0.39 is 5.97 Å². The molecule has 19 heavy (non-hydrogen) atoms. The van der Waals surface area contributed by atoms with Gasteiger partial charge in [-0.3, -0.25) is 4.98 Å². The van der Waals surface area contributed by atoms with Crippen LogP contribution in [0.5, 0.6) is 0 Å². The van der Waals surface area contributed by atoms with Crippen LogP contribution in [0.2, 0.25) is 0 Å². The van der Waals surface area contributed by atoms with E-state index in [0.717, 1.165) is 0 Å². The molecule has 0 radical (unpaired) electrons. The lowest BCUT2D eigenvalue weighted by Crippen LogP contribution is -2.07. The van der Waals surface area contributed by atoms with E-state index in [4.69, 9.17) is 10.8 Å². The van der Waals surface area contributed by atoms with Crippen LogP contribution in [0, 0.1) is 0 Å². The number of anilines is 1. The Labute approximate surface area is 107 Å². The first-order valence-electron chi connectivity index (χ1n) is 5.47. The van der Waals surface area contributed by atoms with Gasteiger partial charge in [0.05, 0.1) is 5.69 Å². The highest BCUT2D eigenvalue weighted by molar-refractivity contribution is 5.89. The maximum absolute atomic E-state index is 11.1. The Kier molecular flexibility index (Phi) is 2.38. The molecule has 0 spiro atoms. The molecule has 3 aromatic rings. The van der Waals surface area contributed by atoms with Crippen LogP contribution in [0.15, 0.2) is 36.5 Å². The molecule has 3 heterocycles. The molecular weight excluding hydrogens is 246 g/mol. The largest absolute Gasteiger partial charge is 0.477 e. The SMILES string of the molecule is Nc1nc2c(-c3ccccn3)ccc(C(=O)O)n2n1. The summed E-state index contributed by atoms with van der Waals surface area (Å²) in [6, 6.07) is 8.54. The number of nitrogens with two attached hydrogens (primary N) is 1.